The third-order valence-electron chi connectivity index (χ3n) is 4.44. The fourth-order valence-electron chi connectivity index (χ4n) is 3.02. The van der Waals surface area contributed by atoms with E-state index in [1.807, 2.05) is 32.0 Å². The molecule has 2 rings (SSSR count). The fourth-order valence-corrected chi connectivity index (χ4v) is 3.02. The molecule has 1 aromatic carbocycles. The predicted octanol–water partition coefficient (Wildman–Crippen LogP) is 2.15. The third-order valence-corrected chi connectivity index (χ3v) is 4.44. The molecular formula is C17H26N2O2. The summed E-state index contributed by atoms with van der Waals surface area (Å²) >= 11 is 0. The SMILES string of the molecule is CCOC(=O)C1(N(C)C)CCN(Cc2ccccc2)CC1. The van der Waals surface area contributed by atoms with Crippen molar-refractivity contribution in [1.82, 2.24) is 9.80 Å². The maximum Gasteiger partial charge on any atom is 0.326 e. The molecule has 116 valence electrons. The van der Waals surface area contributed by atoms with Crippen molar-refractivity contribution in [2.24, 2.45) is 0 Å². The summed E-state index contributed by atoms with van der Waals surface area (Å²) in [4.78, 5) is 16.8. The number of carbonyl (C=O) groups is 1. The molecule has 1 heterocycles. The first-order valence-electron chi connectivity index (χ1n) is 7.69. The van der Waals surface area contributed by atoms with E-state index in [9.17, 15) is 4.79 Å². The Morgan fingerprint density at radius 3 is 2.38 bits per heavy atom. The van der Waals surface area contributed by atoms with Gasteiger partial charge in [0.25, 0.3) is 0 Å². The summed E-state index contributed by atoms with van der Waals surface area (Å²) in [7, 11) is 3.95. The Labute approximate surface area is 127 Å². The van der Waals surface area contributed by atoms with Gasteiger partial charge in [-0.25, -0.2) is 0 Å². The van der Waals surface area contributed by atoms with E-state index in [0.717, 1.165) is 32.5 Å². The third kappa shape index (κ3) is 3.63. The molecule has 1 aliphatic heterocycles. The van der Waals surface area contributed by atoms with E-state index in [-0.39, 0.29) is 5.97 Å². The topological polar surface area (TPSA) is 32.8 Å². The molecule has 0 aliphatic carbocycles. The maximum atomic E-state index is 12.3. The average Bonchev–Trinajstić information content (AvgIpc) is 2.49. The molecule has 0 saturated carbocycles. The van der Waals surface area contributed by atoms with Gasteiger partial charge in [0, 0.05) is 19.6 Å². The smallest absolute Gasteiger partial charge is 0.326 e. The van der Waals surface area contributed by atoms with Gasteiger partial charge < -0.3 is 4.74 Å². The molecule has 1 aromatic rings. The highest BCUT2D eigenvalue weighted by atomic mass is 16.5. The number of ether oxygens (including phenoxy) is 1. The fraction of sp³-hybridized carbons (Fsp3) is 0.588. The Morgan fingerprint density at radius 1 is 1.24 bits per heavy atom. The molecule has 0 bridgehead atoms. The van der Waals surface area contributed by atoms with E-state index in [0.29, 0.717) is 6.61 Å². The zero-order valence-corrected chi connectivity index (χ0v) is 13.3. The molecule has 1 aliphatic rings. The van der Waals surface area contributed by atoms with E-state index in [1.54, 1.807) is 0 Å². The van der Waals surface area contributed by atoms with Crippen molar-refractivity contribution in [3.05, 3.63) is 35.9 Å². The van der Waals surface area contributed by atoms with Crippen molar-refractivity contribution in [2.75, 3.05) is 33.8 Å². The van der Waals surface area contributed by atoms with Crippen LogP contribution in [0, 0.1) is 0 Å². The van der Waals surface area contributed by atoms with Crippen LogP contribution in [-0.2, 0) is 16.1 Å². The first-order chi connectivity index (χ1) is 10.1. The van der Waals surface area contributed by atoms with E-state index in [4.69, 9.17) is 4.74 Å². The van der Waals surface area contributed by atoms with Crippen molar-refractivity contribution >= 4 is 5.97 Å². The van der Waals surface area contributed by atoms with E-state index in [2.05, 4.69) is 29.2 Å². The number of likely N-dealkylation sites (N-methyl/N-ethyl adjacent to an activating group) is 1. The van der Waals surface area contributed by atoms with E-state index < -0.39 is 5.54 Å². The van der Waals surface area contributed by atoms with Gasteiger partial charge in [-0.05, 0) is 39.4 Å². The Morgan fingerprint density at radius 2 is 1.86 bits per heavy atom. The summed E-state index contributed by atoms with van der Waals surface area (Å²) < 4.78 is 5.30. The van der Waals surface area contributed by atoms with Crippen LogP contribution in [0.1, 0.15) is 25.3 Å². The summed E-state index contributed by atoms with van der Waals surface area (Å²) in [6.45, 7) is 5.11. The number of nitrogens with zero attached hydrogens (tertiary/aromatic N) is 2. The molecule has 21 heavy (non-hydrogen) atoms. The zero-order valence-electron chi connectivity index (χ0n) is 13.3. The minimum absolute atomic E-state index is 0.0747. The zero-order chi connectivity index (χ0) is 15.3. The minimum atomic E-state index is -0.455. The van der Waals surface area contributed by atoms with Crippen LogP contribution in [0.4, 0.5) is 0 Å². The van der Waals surface area contributed by atoms with Gasteiger partial charge in [0.15, 0.2) is 0 Å². The Balaban J connectivity index is 1.98. The van der Waals surface area contributed by atoms with Gasteiger partial charge in [-0.1, -0.05) is 30.3 Å². The van der Waals surface area contributed by atoms with Crippen LogP contribution < -0.4 is 0 Å². The summed E-state index contributed by atoms with van der Waals surface area (Å²) in [5.41, 5.74) is 0.870. The Bertz CT molecular complexity index is 451. The van der Waals surface area contributed by atoms with Crippen LogP contribution in [0.15, 0.2) is 30.3 Å². The number of benzene rings is 1. The standard InChI is InChI=1S/C17H26N2O2/c1-4-21-16(20)17(18(2)3)10-12-19(13-11-17)14-15-8-6-5-7-9-15/h5-9H,4,10-14H2,1-3H3. The lowest BCUT2D eigenvalue weighted by Crippen LogP contribution is -2.58. The molecule has 0 spiro atoms. The van der Waals surface area contributed by atoms with Gasteiger partial charge >= 0.3 is 5.97 Å². The van der Waals surface area contributed by atoms with Gasteiger partial charge in [-0.3, -0.25) is 14.6 Å². The summed E-state index contributed by atoms with van der Waals surface area (Å²) in [5.74, 6) is -0.0747. The van der Waals surface area contributed by atoms with Crippen molar-refractivity contribution < 1.29 is 9.53 Å². The lowest BCUT2D eigenvalue weighted by atomic mass is 9.86. The highest BCUT2D eigenvalue weighted by molar-refractivity contribution is 5.81. The molecule has 1 fully saturated rings. The number of rotatable bonds is 5. The van der Waals surface area contributed by atoms with E-state index >= 15 is 0 Å². The maximum absolute atomic E-state index is 12.3. The van der Waals surface area contributed by atoms with Gasteiger partial charge in [0.2, 0.25) is 0 Å². The first-order valence-corrected chi connectivity index (χ1v) is 7.69. The van der Waals surface area contributed by atoms with E-state index in [1.165, 1.54) is 5.56 Å². The average molecular weight is 290 g/mol. The largest absolute Gasteiger partial charge is 0.465 e. The second-order valence-corrected chi connectivity index (χ2v) is 5.91. The summed E-state index contributed by atoms with van der Waals surface area (Å²) in [5, 5.41) is 0. The number of carbonyl (C=O) groups excluding carboxylic acids is 1. The number of piperidine rings is 1. The highest BCUT2D eigenvalue weighted by Crippen LogP contribution is 2.29. The number of esters is 1. The molecule has 0 radical (unpaired) electrons. The van der Waals surface area contributed by atoms with Crippen LogP contribution >= 0.6 is 0 Å². The molecule has 4 nitrogen and oxygen atoms in total. The molecule has 1 saturated heterocycles. The first kappa shape index (κ1) is 16.0. The summed E-state index contributed by atoms with van der Waals surface area (Å²) in [6.07, 6.45) is 1.65. The minimum Gasteiger partial charge on any atom is -0.465 e. The lowest BCUT2D eigenvalue weighted by Gasteiger charge is -2.43. The predicted molar refractivity (Wildman–Crippen MR) is 84.0 cm³/mol. The molecule has 0 unspecified atom stereocenters. The number of hydrogen-bond donors (Lipinski definition) is 0. The van der Waals surface area contributed by atoms with Crippen molar-refractivity contribution in [3.63, 3.8) is 0 Å². The van der Waals surface area contributed by atoms with Gasteiger partial charge in [-0.15, -0.1) is 0 Å². The molecule has 0 N–H and O–H groups in total. The van der Waals surface area contributed by atoms with Gasteiger partial charge in [0.05, 0.1) is 6.61 Å². The molecular weight excluding hydrogens is 264 g/mol. The highest BCUT2D eigenvalue weighted by Gasteiger charge is 2.44. The van der Waals surface area contributed by atoms with Gasteiger partial charge in [0.1, 0.15) is 5.54 Å². The van der Waals surface area contributed by atoms with Crippen molar-refractivity contribution in [3.8, 4) is 0 Å². The van der Waals surface area contributed by atoms with Crippen molar-refractivity contribution in [2.45, 2.75) is 31.8 Å². The van der Waals surface area contributed by atoms with Crippen LogP contribution in [0.3, 0.4) is 0 Å². The van der Waals surface area contributed by atoms with Gasteiger partial charge in [-0.2, -0.15) is 0 Å². The monoisotopic (exact) mass is 290 g/mol. The quantitative estimate of drug-likeness (QED) is 0.778. The molecule has 0 aromatic heterocycles. The van der Waals surface area contributed by atoms with Crippen LogP contribution in [0.2, 0.25) is 0 Å². The number of hydrogen-bond acceptors (Lipinski definition) is 4. The normalized spacial score (nSPS) is 18.7. The second kappa shape index (κ2) is 7.05. The van der Waals surface area contributed by atoms with Crippen LogP contribution in [-0.4, -0.2) is 55.1 Å². The summed E-state index contributed by atoms with van der Waals surface area (Å²) in [6, 6.07) is 10.5. The van der Waals surface area contributed by atoms with Crippen LogP contribution in [0.5, 0.6) is 0 Å². The molecule has 4 heteroatoms. The molecule has 0 amide bonds. The lowest BCUT2D eigenvalue weighted by molar-refractivity contribution is -0.159. The molecule has 0 atom stereocenters. The van der Waals surface area contributed by atoms with Crippen molar-refractivity contribution in [1.29, 1.82) is 0 Å². The second-order valence-electron chi connectivity index (χ2n) is 5.91. The Kier molecular flexibility index (Phi) is 5.37. The van der Waals surface area contributed by atoms with Crippen LogP contribution in [0.25, 0.3) is 0 Å². The number of likely N-dealkylation sites (tertiary alicyclic amines) is 1. The Hall–Kier alpha value is -1.39.